The van der Waals surface area contributed by atoms with Gasteiger partial charge in [0.05, 0.1) is 18.8 Å². The molecular formula is C20H31NO4. The normalized spacial score (nSPS) is 39.0. The number of ketones is 1. The second kappa shape index (κ2) is 5.75. The van der Waals surface area contributed by atoms with Crippen molar-refractivity contribution in [3.63, 3.8) is 0 Å². The zero-order valence-electron chi connectivity index (χ0n) is 15.2. The molecule has 0 aromatic heterocycles. The maximum absolute atomic E-state index is 12.7. The van der Waals surface area contributed by atoms with Gasteiger partial charge in [-0.3, -0.25) is 4.79 Å². The quantitative estimate of drug-likeness (QED) is 0.729. The Balaban J connectivity index is 1.30. The lowest BCUT2D eigenvalue weighted by molar-refractivity contribution is -0.191. The monoisotopic (exact) mass is 349 g/mol. The third kappa shape index (κ3) is 2.88. The third-order valence-corrected chi connectivity index (χ3v) is 7.69. The molecule has 3 saturated heterocycles. The van der Waals surface area contributed by atoms with Gasteiger partial charge in [-0.1, -0.05) is 0 Å². The number of piperidine rings is 1. The molecule has 0 aromatic rings. The van der Waals surface area contributed by atoms with Gasteiger partial charge in [0.25, 0.3) is 0 Å². The van der Waals surface area contributed by atoms with Crippen LogP contribution in [0.5, 0.6) is 0 Å². The van der Waals surface area contributed by atoms with Crippen molar-refractivity contribution in [2.45, 2.75) is 99.5 Å². The molecule has 0 amide bonds. The summed E-state index contributed by atoms with van der Waals surface area (Å²) in [5, 5.41) is 4.04. The molecule has 140 valence electrons. The standard InChI is InChI=1S/C20H31NO4/c22-16-14-17(3-7-19(8-4-17)2-1-11-23-19)21-18(15-16)5-9-20(10-6-18)24-12-13-25-20/h21H,1-15H2. The molecule has 1 N–H and O–H groups in total. The molecule has 0 bridgehead atoms. The van der Waals surface area contributed by atoms with Gasteiger partial charge >= 0.3 is 0 Å². The third-order valence-electron chi connectivity index (χ3n) is 7.69. The summed E-state index contributed by atoms with van der Waals surface area (Å²) in [6, 6.07) is 0. The maximum Gasteiger partial charge on any atom is 0.168 e. The van der Waals surface area contributed by atoms with Gasteiger partial charge in [-0.05, 0) is 51.4 Å². The number of carbonyl (C=O) groups excluding carboxylic acids is 1. The van der Waals surface area contributed by atoms with E-state index < -0.39 is 0 Å². The van der Waals surface area contributed by atoms with Crippen LogP contribution in [0.4, 0.5) is 0 Å². The van der Waals surface area contributed by atoms with Crippen molar-refractivity contribution in [3.8, 4) is 0 Å². The molecule has 3 aliphatic heterocycles. The lowest BCUT2D eigenvalue weighted by Crippen LogP contribution is -2.67. The minimum atomic E-state index is -0.352. The van der Waals surface area contributed by atoms with Crippen LogP contribution in [0, 0.1) is 0 Å². The number of nitrogens with one attached hydrogen (secondary N) is 1. The van der Waals surface area contributed by atoms with Crippen LogP contribution >= 0.6 is 0 Å². The first-order chi connectivity index (χ1) is 12.1. The van der Waals surface area contributed by atoms with Gasteiger partial charge in [-0.15, -0.1) is 0 Å². The average molecular weight is 349 g/mol. The second-order valence-corrected chi connectivity index (χ2v) is 9.32. The van der Waals surface area contributed by atoms with Crippen molar-refractivity contribution in [3.05, 3.63) is 0 Å². The van der Waals surface area contributed by atoms with E-state index in [1.807, 2.05) is 0 Å². The van der Waals surface area contributed by atoms with E-state index >= 15 is 0 Å². The number of hydrogen-bond acceptors (Lipinski definition) is 5. The zero-order valence-corrected chi connectivity index (χ0v) is 15.2. The Kier molecular flexibility index (Phi) is 3.83. The average Bonchev–Trinajstić information content (AvgIpc) is 3.25. The molecule has 0 aromatic carbocycles. The Morgan fingerprint density at radius 1 is 0.680 bits per heavy atom. The first-order valence-corrected chi connectivity index (χ1v) is 10.3. The van der Waals surface area contributed by atoms with Crippen LogP contribution in [0.1, 0.15) is 77.0 Å². The van der Waals surface area contributed by atoms with Crippen molar-refractivity contribution in [1.29, 1.82) is 0 Å². The van der Waals surface area contributed by atoms with Crippen molar-refractivity contribution < 1.29 is 19.0 Å². The molecular weight excluding hydrogens is 318 g/mol. The summed E-state index contributed by atoms with van der Waals surface area (Å²) in [6.45, 7) is 2.35. The van der Waals surface area contributed by atoms with Crippen LogP contribution in [-0.4, -0.2) is 48.1 Å². The Morgan fingerprint density at radius 3 is 1.84 bits per heavy atom. The molecule has 0 radical (unpaired) electrons. The van der Waals surface area contributed by atoms with Crippen molar-refractivity contribution >= 4 is 5.78 Å². The van der Waals surface area contributed by atoms with E-state index in [9.17, 15) is 4.79 Å². The first-order valence-electron chi connectivity index (χ1n) is 10.3. The highest BCUT2D eigenvalue weighted by molar-refractivity contribution is 5.82. The van der Waals surface area contributed by atoms with E-state index in [1.165, 1.54) is 12.8 Å². The molecule has 5 heteroatoms. The summed E-state index contributed by atoms with van der Waals surface area (Å²) in [5.41, 5.74) is 0.105. The molecule has 5 aliphatic rings. The van der Waals surface area contributed by atoms with Gasteiger partial charge in [-0.25, -0.2) is 0 Å². The largest absolute Gasteiger partial charge is 0.375 e. The Hall–Kier alpha value is -0.490. The smallest absolute Gasteiger partial charge is 0.168 e. The van der Waals surface area contributed by atoms with Crippen molar-refractivity contribution in [2.75, 3.05) is 19.8 Å². The highest BCUT2D eigenvalue weighted by Gasteiger charge is 2.55. The molecule has 5 nitrogen and oxygen atoms in total. The lowest BCUT2D eigenvalue weighted by Gasteiger charge is -2.55. The molecule has 2 saturated carbocycles. The topological polar surface area (TPSA) is 56.8 Å². The van der Waals surface area contributed by atoms with E-state index in [1.54, 1.807) is 0 Å². The summed E-state index contributed by atoms with van der Waals surface area (Å²) in [4.78, 5) is 12.7. The first kappa shape index (κ1) is 16.7. The minimum absolute atomic E-state index is 0.00836. The van der Waals surface area contributed by atoms with Gasteiger partial charge in [0.1, 0.15) is 5.78 Å². The zero-order chi connectivity index (χ0) is 17.0. The van der Waals surface area contributed by atoms with Crippen LogP contribution in [0.25, 0.3) is 0 Å². The number of hydrogen-bond donors (Lipinski definition) is 1. The fraction of sp³-hybridized carbons (Fsp3) is 0.950. The molecule has 5 fully saturated rings. The number of rotatable bonds is 0. The van der Waals surface area contributed by atoms with Crippen molar-refractivity contribution in [1.82, 2.24) is 5.32 Å². The summed E-state index contributed by atoms with van der Waals surface area (Å²) in [7, 11) is 0. The fourth-order valence-corrected chi connectivity index (χ4v) is 6.30. The van der Waals surface area contributed by atoms with Gasteiger partial charge < -0.3 is 19.5 Å². The van der Waals surface area contributed by atoms with E-state index in [-0.39, 0.29) is 22.5 Å². The van der Waals surface area contributed by atoms with E-state index in [2.05, 4.69) is 5.32 Å². The highest BCUT2D eigenvalue weighted by Crippen LogP contribution is 2.50. The maximum atomic E-state index is 12.7. The van der Waals surface area contributed by atoms with Crippen LogP contribution < -0.4 is 5.32 Å². The Labute approximate surface area is 150 Å². The van der Waals surface area contributed by atoms with Gasteiger partial charge in [0.2, 0.25) is 0 Å². The Bertz CT molecular complexity index is 482. The van der Waals surface area contributed by atoms with Crippen LogP contribution in [0.2, 0.25) is 0 Å². The summed E-state index contributed by atoms with van der Waals surface area (Å²) in [6.07, 6.45) is 12.0. The lowest BCUT2D eigenvalue weighted by atomic mass is 9.64. The van der Waals surface area contributed by atoms with Gasteiger partial charge in [0, 0.05) is 43.4 Å². The van der Waals surface area contributed by atoms with Crippen LogP contribution in [-0.2, 0) is 19.0 Å². The molecule has 2 aliphatic carbocycles. The molecule has 25 heavy (non-hydrogen) atoms. The fourth-order valence-electron chi connectivity index (χ4n) is 6.30. The van der Waals surface area contributed by atoms with Crippen molar-refractivity contribution in [2.24, 2.45) is 0 Å². The minimum Gasteiger partial charge on any atom is -0.375 e. The van der Waals surface area contributed by atoms with E-state index in [0.717, 1.165) is 58.0 Å². The van der Waals surface area contributed by atoms with Gasteiger partial charge in [-0.2, -0.15) is 0 Å². The van der Waals surface area contributed by atoms with E-state index in [0.29, 0.717) is 31.8 Å². The molecule has 0 unspecified atom stereocenters. The van der Waals surface area contributed by atoms with E-state index in [4.69, 9.17) is 14.2 Å². The van der Waals surface area contributed by atoms with Gasteiger partial charge in [0.15, 0.2) is 5.79 Å². The van der Waals surface area contributed by atoms with Crippen LogP contribution in [0.3, 0.4) is 0 Å². The van der Waals surface area contributed by atoms with Crippen LogP contribution in [0.15, 0.2) is 0 Å². The summed E-state index contributed by atoms with van der Waals surface area (Å²) in [5.74, 6) is 0.0979. The predicted octanol–water partition coefficient (Wildman–Crippen LogP) is 2.86. The number of Topliss-reactive ketones (excluding diaryl/α,β-unsaturated/α-hetero) is 1. The second-order valence-electron chi connectivity index (χ2n) is 9.32. The Morgan fingerprint density at radius 2 is 1.28 bits per heavy atom. The predicted molar refractivity (Wildman–Crippen MR) is 92.3 cm³/mol. The highest BCUT2D eigenvalue weighted by atomic mass is 16.7. The molecule has 0 atom stereocenters. The molecule has 3 heterocycles. The number of ether oxygens (including phenoxy) is 3. The summed E-state index contributed by atoms with van der Waals surface area (Å²) < 4.78 is 17.9. The molecule has 4 spiro atoms. The number of carbonyl (C=O) groups is 1. The summed E-state index contributed by atoms with van der Waals surface area (Å²) >= 11 is 0. The SMILES string of the molecule is O=C1CC2(CCC3(CCCO3)CC2)NC2(CCC3(CC2)OCCO3)C1. The molecule has 5 rings (SSSR count).